The van der Waals surface area contributed by atoms with Gasteiger partial charge in [-0.25, -0.2) is 8.42 Å². The van der Waals surface area contributed by atoms with Crippen molar-refractivity contribution in [3.05, 3.63) is 0 Å². The van der Waals surface area contributed by atoms with Crippen molar-refractivity contribution in [1.29, 1.82) is 0 Å². The summed E-state index contributed by atoms with van der Waals surface area (Å²) in [4.78, 5) is 14.2. The Morgan fingerprint density at radius 3 is 2.28 bits per heavy atom. The van der Waals surface area contributed by atoms with E-state index in [0.29, 0.717) is 26.2 Å². The number of nitrogens with one attached hydrogen (secondary N) is 1. The van der Waals surface area contributed by atoms with Crippen LogP contribution < -0.4 is 5.32 Å². The molecular formula is C11H21N3O3S. The minimum absolute atomic E-state index is 0.105. The van der Waals surface area contributed by atoms with Gasteiger partial charge in [-0.2, -0.15) is 4.31 Å². The molecule has 2 rings (SSSR count). The van der Waals surface area contributed by atoms with E-state index < -0.39 is 15.6 Å². The highest BCUT2D eigenvalue weighted by atomic mass is 32.2. The van der Waals surface area contributed by atoms with Gasteiger partial charge >= 0.3 is 0 Å². The van der Waals surface area contributed by atoms with Crippen LogP contribution in [0.4, 0.5) is 0 Å². The lowest BCUT2D eigenvalue weighted by atomic mass is 9.98. The Labute approximate surface area is 108 Å². The third-order valence-electron chi connectivity index (χ3n) is 3.84. The summed E-state index contributed by atoms with van der Waals surface area (Å²) in [5.41, 5.74) is -0.451. The molecule has 104 valence electrons. The second kappa shape index (κ2) is 4.79. The Morgan fingerprint density at radius 2 is 1.83 bits per heavy atom. The van der Waals surface area contributed by atoms with E-state index in [2.05, 4.69) is 5.32 Å². The lowest BCUT2D eigenvalue weighted by Crippen LogP contribution is -2.58. The van der Waals surface area contributed by atoms with Crippen LogP contribution in [0.15, 0.2) is 0 Å². The quantitative estimate of drug-likeness (QED) is 0.719. The molecule has 0 aromatic carbocycles. The Morgan fingerprint density at radius 1 is 1.22 bits per heavy atom. The summed E-state index contributed by atoms with van der Waals surface area (Å²) < 4.78 is 24.2. The average Bonchev–Trinajstić information content (AvgIpc) is 2.75. The van der Waals surface area contributed by atoms with E-state index >= 15 is 0 Å². The van der Waals surface area contributed by atoms with Crippen LogP contribution in [0, 0.1) is 0 Å². The molecule has 1 amide bonds. The molecule has 1 N–H and O–H groups in total. The van der Waals surface area contributed by atoms with Gasteiger partial charge in [-0.15, -0.1) is 0 Å². The van der Waals surface area contributed by atoms with E-state index in [1.807, 2.05) is 6.92 Å². The van der Waals surface area contributed by atoms with Crippen LogP contribution in [0.5, 0.6) is 0 Å². The highest BCUT2D eigenvalue weighted by Gasteiger charge is 2.40. The van der Waals surface area contributed by atoms with Gasteiger partial charge in [-0.3, -0.25) is 4.79 Å². The van der Waals surface area contributed by atoms with Crippen LogP contribution in [0.25, 0.3) is 0 Å². The summed E-state index contributed by atoms with van der Waals surface area (Å²) in [6, 6.07) is 0. The zero-order valence-electron chi connectivity index (χ0n) is 11.0. The fraction of sp³-hybridized carbons (Fsp3) is 0.909. The third kappa shape index (κ3) is 2.67. The molecule has 1 atom stereocenters. The number of nitrogens with zero attached hydrogens (tertiary/aromatic N) is 2. The molecule has 6 nitrogen and oxygen atoms in total. The molecule has 2 fully saturated rings. The summed E-state index contributed by atoms with van der Waals surface area (Å²) in [6.45, 7) is 4.60. The predicted molar refractivity (Wildman–Crippen MR) is 68.6 cm³/mol. The van der Waals surface area contributed by atoms with Gasteiger partial charge in [0.2, 0.25) is 15.9 Å². The zero-order chi connectivity index (χ0) is 13.4. The van der Waals surface area contributed by atoms with Crippen molar-refractivity contribution in [2.24, 2.45) is 0 Å². The van der Waals surface area contributed by atoms with Gasteiger partial charge < -0.3 is 10.2 Å². The van der Waals surface area contributed by atoms with E-state index in [-0.39, 0.29) is 5.91 Å². The Hall–Kier alpha value is -0.660. The molecule has 0 spiro atoms. The maximum atomic E-state index is 12.4. The van der Waals surface area contributed by atoms with E-state index in [1.54, 1.807) is 4.90 Å². The van der Waals surface area contributed by atoms with Crippen LogP contribution in [-0.2, 0) is 14.8 Å². The molecule has 18 heavy (non-hydrogen) atoms. The SMILES string of the molecule is CC1(C(=O)N2CCN(S(C)(=O)=O)CC2)CCCN1. The van der Waals surface area contributed by atoms with Crippen LogP contribution in [0.3, 0.4) is 0 Å². The monoisotopic (exact) mass is 275 g/mol. The standard InChI is InChI=1S/C11H21N3O3S/c1-11(4-3-5-12-11)10(15)13-6-8-14(9-7-13)18(2,16)17/h12H,3-9H2,1-2H3. The number of amides is 1. The topological polar surface area (TPSA) is 69.7 Å². The number of hydrogen-bond acceptors (Lipinski definition) is 4. The largest absolute Gasteiger partial charge is 0.338 e. The molecule has 0 radical (unpaired) electrons. The number of piperazine rings is 1. The van der Waals surface area contributed by atoms with Gasteiger partial charge in [-0.1, -0.05) is 0 Å². The molecule has 1 unspecified atom stereocenters. The first kappa shape index (κ1) is 13.8. The van der Waals surface area contributed by atoms with Crippen molar-refractivity contribution in [3.8, 4) is 0 Å². The molecule has 0 aromatic heterocycles. The lowest BCUT2D eigenvalue weighted by Gasteiger charge is -2.37. The Kier molecular flexibility index (Phi) is 3.66. The van der Waals surface area contributed by atoms with Gasteiger partial charge in [0.15, 0.2) is 0 Å². The second-order valence-corrected chi connectivity index (χ2v) is 7.30. The average molecular weight is 275 g/mol. The number of hydrogen-bond donors (Lipinski definition) is 1. The van der Waals surface area contributed by atoms with Crippen molar-refractivity contribution < 1.29 is 13.2 Å². The van der Waals surface area contributed by atoms with E-state index in [4.69, 9.17) is 0 Å². The first-order valence-electron chi connectivity index (χ1n) is 6.32. The smallest absolute Gasteiger partial charge is 0.242 e. The van der Waals surface area contributed by atoms with Crippen molar-refractivity contribution in [3.63, 3.8) is 0 Å². The lowest BCUT2D eigenvalue weighted by molar-refractivity contribution is -0.138. The van der Waals surface area contributed by atoms with Crippen LogP contribution in [0.1, 0.15) is 19.8 Å². The van der Waals surface area contributed by atoms with Crippen molar-refractivity contribution in [1.82, 2.24) is 14.5 Å². The second-order valence-electron chi connectivity index (χ2n) is 5.32. The maximum Gasteiger partial charge on any atom is 0.242 e. The molecule has 0 bridgehead atoms. The highest BCUT2D eigenvalue weighted by molar-refractivity contribution is 7.88. The summed E-state index contributed by atoms with van der Waals surface area (Å²) >= 11 is 0. The number of sulfonamides is 1. The zero-order valence-corrected chi connectivity index (χ0v) is 11.8. The minimum Gasteiger partial charge on any atom is -0.338 e. The van der Waals surface area contributed by atoms with Gasteiger partial charge in [0.25, 0.3) is 0 Å². The van der Waals surface area contributed by atoms with Crippen LogP contribution >= 0.6 is 0 Å². The molecule has 0 aliphatic carbocycles. The molecule has 2 heterocycles. The van der Waals surface area contributed by atoms with Gasteiger partial charge in [0.1, 0.15) is 0 Å². The first-order valence-corrected chi connectivity index (χ1v) is 8.17. The normalized spacial score (nSPS) is 30.7. The molecule has 7 heteroatoms. The highest BCUT2D eigenvalue weighted by Crippen LogP contribution is 2.22. The van der Waals surface area contributed by atoms with Crippen LogP contribution in [0.2, 0.25) is 0 Å². The summed E-state index contributed by atoms with van der Waals surface area (Å²) in [7, 11) is -3.13. The molecule has 2 saturated heterocycles. The molecule has 2 aliphatic rings. The van der Waals surface area contributed by atoms with Crippen molar-refractivity contribution in [2.45, 2.75) is 25.3 Å². The summed E-state index contributed by atoms with van der Waals surface area (Å²) in [5, 5.41) is 3.25. The van der Waals surface area contributed by atoms with Crippen molar-refractivity contribution in [2.75, 3.05) is 39.0 Å². The van der Waals surface area contributed by atoms with Gasteiger partial charge in [0.05, 0.1) is 11.8 Å². The molecule has 2 aliphatic heterocycles. The van der Waals surface area contributed by atoms with E-state index in [9.17, 15) is 13.2 Å². The molecular weight excluding hydrogens is 254 g/mol. The predicted octanol–water partition coefficient (Wildman–Crippen LogP) is -0.768. The van der Waals surface area contributed by atoms with Gasteiger partial charge in [-0.05, 0) is 26.3 Å². The Balaban J connectivity index is 1.96. The fourth-order valence-electron chi connectivity index (χ4n) is 2.65. The third-order valence-corrected chi connectivity index (χ3v) is 5.14. The Bertz CT molecular complexity index is 421. The number of carbonyl (C=O) groups excluding carboxylic acids is 1. The summed E-state index contributed by atoms with van der Waals surface area (Å²) in [6.07, 6.45) is 3.09. The molecule has 0 saturated carbocycles. The van der Waals surface area contributed by atoms with Crippen LogP contribution in [-0.4, -0.2) is 68.0 Å². The first-order chi connectivity index (χ1) is 8.33. The number of carbonyl (C=O) groups is 1. The van der Waals surface area contributed by atoms with E-state index in [1.165, 1.54) is 10.6 Å². The fourth-order valence-corrected chi connectivity index (χ4v) is 3.48. The minimum atomic E-state index is -3.13. The maximum absolute atomic E-state index is 12.4. The molecule has 0 aromatic rings. The van der Waals surface area contributed by atoms with E-state index in [0.717, 1.165) is 19.4 Å². The van der Waals surface area contributed by atoms with Gasteiger partial charge in [0, 0.05) is 26.2 Å². The summed E-state index contributed by atoms with van der Waals surface area (Å²) in [5.74, 6) is 0.105. The van der Waals surface area contributed by atoms with Crippen molar-refractivity contribution >= 4 is 15.9 Å². The number of rotatable bonds is 2.